The highest BCUT2D eigenvalue weighted by Crippen LogP contribution is 2.17. The summed E-state index contributed by atoms with van der Waals surface area (Å²) in [6, 6.07) is 1.97. The molecule has 20 heavy (non-hydrogen) atoms. The Morgan fingerprint density at radius 1 is 1.50 bits per heavy atom. The largest absolute Gasteiger partial charge is 0.597 e. The van der Waals surface area contributed by atoms with Gasteiger partial charge in [0.15, 0.2) is 0 Å². The number of nitriles is 1. The number of nitrogens with one attached hydrogen (secondary N) is 1. The number of hydrogen-bond acceptors (Lipinski definition) is 4. The van der Waals surface area contributed by atoms with Crippen molar-refractivity contribution in [3.8, 4) is 6.07 Å². The Hall–Kier alpha value is -2.48. The second-order valence-corrected chi connectivity index (χ2v) is 4.51. The van der Waals surface area contributed by atoms with E-state index >= 15 is 0 Å². The van der Waals surface area contributed by atoms with Crippen LogP contribution in [-0.4, -0.2) is 17.4 Å². The molecule has 0 saturated carbocycles. The van der Waals surface area contributed by atoms with E-state index in [1.54, 1.807) is 19.1 Å². The Kier molecular flexibility index (Phi) is 6.11. The average molecular weight is 274 g/mol. The molecule has 0 amide bonds. The van der Waals surface area contributed by atoms with Crippen LogP contribution in [0.5, 0.6) is 0 Å². The molecule has 0 unspecified atom stereocenters. The van der Waals surface area contributed by atoms with Crippen LogP contribution in [0.1, 0.15) is 26.2 Å². The molecule has 0 bridgehead atoms. The van der Waals surface area contributed by atoms with Gasteiger partial charge in [-0.15, -0.1) is 0 Å². The van der Waals surface area contributed by atoms with Crippen molar-refractivity contribution in [2.45, 2.75) is 26.2 Å². The summed E-state index contributed by atoms with van der Waals surface area (Å²) in [4.78, 5) is 12.3. The second kappa shape index (κ2) is 7.85. The third-order valence-electron chi connectivity index (χ3n) is 2.90. The molecule has 0 aliphatic carbocycles. The molecule has 1 aliphatic rings. The Morgan fingerprint density at radius 3 is 2.75 bits per heavy atom. The minimum absolute atomic E-state index is 0.123. The summed E-state index contributed by atoms with van der Waals surface area (Å²) >= 11 is 0. The van der Waals surface area contributed by atoms with E-state index < -0.39 is 0 Å². The van der Waals surface area contributed by atoms with Gasteiger partial charge < -0.3 is 16.2 Å². The molecule has 0 aromatic rings. The zero-order chi connectivity index (χ0) is 15.0. The normalized spacial score (nSPS) is 19.4. The molecule has 5 heteroatoms. The lowest BCUT2D eigenvalue weighted by Crippen LogP contribution is -2.24. The summed E-state index contributed by atoms with van der Waals surface area (Å²) in [6.07, 6.45) is 8.56. The average Bonchev–Trinajstić information content (AvgIpc) is 2.45. The zero-order valence-electron chi connectivity index (χ0n) is 11.6. The summed E-state index contributed by atoms with van der Waals surface area (Å²) in [5.74, 6) is -0.00966. The predicted molar refractivity (Wildman–Crippen MR) is 78.3 cm³/mol. The van der Waals surface area contributed by atoms with E-state index in [-0.39, 0.29) is 16.9 Å². The van der Waals surface area contributed by atoms with Crippen molar-refractivity contribution in [3.63, 3.8) is 0 Å². The van der Waals surface area contributed by atoms with Crippen LogP contribution >= 0.6 is 0 Å². The Morgan fingerprint density at radius 2 is 2.25 bits per heavy atom. The van der Waals surface area contributed by atoms with Gasteiger partial charge in [0.05, 0.1) is 0 Å². The first kappa shape index (κ1) is 15.6. The molecule has 106 valence electrons. The van der Waals surface area contributed by atoms with Gasteiger partial charge in [0.25, 0.3) is 0 Å². The third-order valence-corrected chi connectivity index (χ3v) is 2.90. The molecule has 0 aromatic heterocycles. The molecule has 0 aromatic carbocycles. The van der Waals surface area contributed by atoms with Crippen LogP contribution in [0.25, 0.3) is 0 Å². The number of hydrogen-bond donors (Lipinski definition) is 2. The Labute approximate surface area is 118 Å². The maximum atomic E-state index is 12.3. The van der Waals surface area contributed by atoms with Crippen molar-refractivity contribution in [3.05, 3.63) is 47.0 Å². The molecule has 1 saturated heterocycles. The number of carbonyl (C=O) groups excluding carboxylic acids is 1. The first-order valence-corrected chi connectivity index (χ1v) is 6.50. The number of nitrogens with zero attached hydrogens (tertiary/aromatic N) is 1. The first-order chi connectivity index (χ1) is 9.60. The van der Waals surface area contributed by atoms with Crippen molar-refractivity contribution < 1.29 is 9.90 Å². The van der Waals surface area contributed by atoms with E-state index in [0.717, 1.165) is 19.4 Å². The molecule has 5 N–H and O–H groups in total. The van der Waals surface area contributed by atoms with E-state index in [9.17, 15) is 10.1 Å². The standard InChI is InChI=1S/C15H19N3O2/c1-11(19)5-4-6-12(9-16)15(20)13(10-17)14-7-2-3-8-18-14/h4-6,9,18-19H,2-3,7-8,16H2,1H3/p+1/b6-4-,11-5+,12-9+,14-13-. The molecule has 1 heterocycles. The van der Waals surface area contributed by atoms with Crippen molar-refractivity contribution in [1.82, 2.24) is 5.32 Å². The highest BCUT2D eigenvalue weighted by molar-refractivity contribution is 6.13. The van der Waals surface area contributed by atoms with Crippen LogP contribution in [0.15, 0.2) is 47.0 Å². The number of ketones is 1. The number of Topliss-reactive ketones (excluding diaryl/α,β-unsaturated/α-hetero) is 1. The lowest BCUT2D eigenvalue weighted by Gasteiger charge is -2.18. The first-order valence-electron chi connectivity index (χ1n) is 6.50. The van der Waals surface area contributed by atoms with Crippen molar-refractivity contribution >= 4 is 5.78 Å². The number of rotatable bonds is 4. The molecule has 1 aliphatic heterocycles. The van der Waals surface area contributed by atoms with Gasteiger partial charge in [-0.2, -0.15) is 5.26 Å². The van der Waals surface area contributed by atoms with E-state index in [0.29, 0.717) is 17.9 Å². The number of piperidine rings is 1. The van der Waals surface area contributed by atoms with E-state index in [4.69, 9.17) is 10.8 Å². The molecule has 1 fully saturated rings. The van der Waals surface area contributed by atoms with Crippen LogP contribution in [0, 0.1) is 11.3 Å². The summed E-state index contributed by atoms with van der Waals surface area (Å²) in [6.45, 7) is 2.42. The Balaban J connectivity index is 2.98. The molecular weight excluding hydrogens is 254 g/mol. The molecule has 5 nitrogen and oxygen atoms in total. The van der Waals surface area contributed by atoms with Crippen LogP contribution in [-0.2, 0) is 4.79 Å². The fourth-order valence-corrected chi connectivity index (χ4v) is 1.87. The lowest BCUT2D eigenvalue weighted by atomic mass is 9.98. The maximum Gasteiger partial charge on any atom is 0.225 e. The van der Waals surface area contributed by atoms with Gasteiger partial charge >= 0.3 is 0 Å². The predicted octanol–water partition coefficient (Wildman–Crippen LogP) is 1.13. The van der Waals surface area contributed by atoms with Gasteiger partial charge in [-0.3, -0.25) is 4.79 Å². The SMILES string of the molecule is C\C([OH2+])=C/C=C\C(=C/N)C(=O)/C(C#N)=C1/CCCCN1. The molecule has 0 radical (unpaired) electrons. The number of nitrogens with two attached hydrogens (primary N) is 1. The summed E-state index contributed by atoms with van der Waals surface area (Å²) in [5.41, 5.74) is 6.53. The van der Waals surface area contributed by atoms with Crippen LogP contribution in [0.2, 0.25) is 0 Å². The summed E-state index contributed by atoms with van der Waals surface area (Å²) in [7, 11) is 0. The van der Waals surface area contributed by atoms with E-state index in [2.05, 4.69) is 5.32 Å². The topological polar surface area (TPSA) is 102 Å². The van der Waals surface area contributed by atoms with Crippen LogP contribution in [0.4, 0.5) is 0 Å². The highest BCUT2D eigenvalue weighted by Gasteiger charge is 2.19. The van der Waals surface area contributed by atoms with Gasteiger partial charge in [-0.1, -0.05) is 6.08 Å². The van der Waals surface area contributed by atoms with Crippen molar-refractivity contribution in [1.29, 1.82) is 5.26 Å². The fraction of sp³-hybridized carbons (Fsp3) is 0.333. The fourth-order valence-electron chi connectivity index (χ4n) is 1.87. The Bertz CT molecular complexity index is 522. The van der Waals surface area contributed by atoms with Gasteiger partial charge in [-0.05, 0) is 25.3 Å². The molecule has 0 spiro atoms. The summed E-state index contributed by atoms with van der Waals surface area (Å²) < 4.78 is 0. The smallest absolute Gasteiger partial charge is 0.225 e. The summed E-state index contributed by atoms with van der Waals surface area (Å²) in [5, 5.41) is 19.6. The third kappa shape index (κ3) is 4.32. The van der Waals surface area contributed by atoms with E-state index in [1.165, 1.54) is 12.3 Å². The number of carbonyl (C=O) groups is 1. The quantitative estimate of drug-likeness (QED) is 0.264. The molecule has 0 atom stereocenters. The van der Waals surface area contributed by atoms with Crippen LogP contribution in [0.3, 0.4) is 0 Å². The minimum atomic E-state index is -0.383. The second-order valence-electron chi connectivity index (χ2n) is 4.51. The monoisotopic (exact) mass is 274 g/mol. The molecular formula is C15H20N3O2+. The zero-order valence-corrected chi connectivity index (χ0v) is 11.6. The van der Waals surface area contributed by atoms with E-state index in [1.807, 2.05) is 6.07 Å². The van der Waals surface area contributed by atoms with Gasteiger partial charge in [-0.25, -0.2) is 0 Å². The maximum absolute atomic E-state index is 12.3. The van der Waals surface area contributed by atoms with Crippen molar-refractivity contribution in [2.24, 2.45) is 5.73 Å². The number of allylic oxidation sites excluding steroid dienone is 7. The van der Waals surface area contributed by atoms with Crippen molar-refractivity contribution in [2.75, 3.05) is 6.54 Å². The van der Waals surface area contributed by atoms with Crippen LogP contribution < -0.4 is 11.1 Å². The lowest BCUT2D eigenvalue weighted by molar-refractivity contribution is -0.111. The molecule has 1 rings (SSSR count). The van der Waals surface area contributed by atoms with Gasteiger partial charge in [0, 0.05) is 37.0 Å². The minimum Gasteiger partial charge on any atom is -0.597 e. The van der Waals surface area contributed by atoms with Gasteiger partial charge in [0.1, 0.15) is 11.6 Å². The highest BCUT2D eigenvalue weighted by atomic mass is 16.3. The van der Waals surface area contributed by atoms with Gasteiger partial charge in [0.2, 0.25) is 11.5 Å².